The fourth-order valence-electron chi connectivity index (χ4n) is 1.66. The number of carboxylic acid groups (broad SMARTS) is 1. The monoisotopic (exact) mass is 321 g/mol. The third-order valence-corrected chi connectivity index (χ3v) is 3.30. The van der Waals surface area contributed by atoms with Gasteiger partial charge in [0.1, 0.15) is 5.75 Å². The molecule has 4 nitrogen and oxygen atoms in total. The summed E-state index contributed by atoms with van der Waals surface area (Å²) in [6, 6.07) is 11.9. The number of anilines is 1. The maximum absolute atomic E-state index is 10.9. The number of aromatic carboxylic acids is 1. The van der Waals surface area contributed by atoms with Gasteiger partial charge in [0.25, 0.3) is 0 Å². The summed E-state index contributed by atoms with van der Waals surface area (Å²) < 4.78 is 0.631. The summed E-state index contributed by atoms with van der Waals surface area (Å²) in [6.07, 6.45) is 0. The van der Waals surface area contributed by atoms with E-state index in [1.165, 1.54) is 6.07 Å². The van der Waals surface area contributed by atoms with Crippen LogP contribution in [0.5, 0.6) is 5.75 Å². The lowest BCUT2D eigenvalue weighted by molar-refractivity contribution is 0.0697. The van der Waals surface area contributed by atoms with Gasteiger partial charge in [-0.1, -0.05) is 18.2 Å². The number of hydrogen-bond donors (Lipinski definition) is 3. The average molecular weight is 322 g/mol. The quantitative estimate of drug-likeness (QED) is 0.806. The Morgan fingerprint density at radius 3 is 2.68 bits per heavy atom. The lowest BCUT2D eigenvalue weighted by Gasteiger charge is -2.09. The van der Waals surface area contributed by atoms with E-state index in [-0.39, 0.29) is 11.3 Å². The molecule has 19 heavy (non-hydrogen) atoms. The highest BCUT2D eigenvalue weighted by Crippen LogP contribution is 2.28. The van der Waals surface area contributed by atoms with Crippen LogP contribution in [0.25, 0.3) is 0 Å². The van der Waals surface area contributed by atoms with Crippen LogP contribution < -0.4 is 5.32 Å². The zero-order valence-electron chi connectivity index (χ0n) is 9.93. The lowest BCUT2D eigenvalue weighted by Crippen LogP contribution is -2.02. The molecule has 2 rings (SSSR count). The molecular weight excluding hydrogens is 310 g/mol. The van der Waals surface area contributed by atoms with Crippen molar-refractivity contribution in [2.24, 2.45) is 0 Å². The van der Waals surface area contributed by atoms with E-state index in [1.807, 2.05) is 6.07 Å². The Balaban J connectivity index is 2.12. The minimum absolute atomic E-state index is 0.185. The van der Waals surface area contributed by atoms with E-state index in [0.29, 0.717) is 16.7 Å². The third-order valence-electron chi connectivity index (χ3n) is 2.66. The highest BCUT2D eigenvalue weighted by atomic mass is 79.9. The number of carbonyl (C=O) groups is 1. The van der Waals surface area contributed by atoms with Crippen LogP contribution in [0.4, 0.5) is 5.69 Å². The van der Waals surface area contributed by atoms with Crippen molar-refractivity contribution in [2.75, 3.05) is 5.32 Å². The van der Waals surface area contributed by atoms with E-state index < -0.39 is 5.97 Å². The first kappa shape index (κ1) is 13.4. The van der Waals surface area contributed by atoms with Crippen molar-refractivity contribution in [2.45, 2.75) is 6.54 Å². The number of carboxylic acids is 1. The molecule has 0 aliphatic heterocycles. The zero-order chi connectivity index (χ0) is 13.8. The average Bonchev–Trinajstić information content (AvgIpc) is 2.41. The van der Waals surface area contributed by atoms with Crippen LogP contribution in [0.2, 0.25) is 0 Å². The first-order valence-corrected chi connectivity index (χ1v) is 6.41. The van der Waals surface area contributed by atoms with Gasteiger partial charge in [0.05, 0.1) is 10.0 Å². The summed E-state index contributed by atoms with van der Waals surface area (Å²) in [4.78, 5) is 10.9. The predicted molar refractivity (Wildman–Crippen MR) is 76.5 cm³/mol. The summed E-state index contributed by atoms with van der Waals surface area (Å²) in [5.41, 5.74) is 1.65. The van der Waals surface area contributed by atoms with Gasteiger partial charge in [-0.3, -0.25) is 0 Å². The molecule has 0 fully saturated rings. The van der Waals surface area contributed by atoms with Gasteiger partial charge in [-0.25, -0.2) is 4.79 Å². The summed E-state index contributed by atoms with van der Waals surface area (Å²) in [5, 5.41) is 21.8. The molecule has 3 N–H and O–H groups in total. The van der Waals surface area contributed by atoms with E-state index in [1.54, 1.807) is 30.3 Å². The second-order valence-corrected chi connectivity index (χ2v) is 4.84. The van der Waals surface area contributed by atoms with E-state index in [9.17, 15) is 9.90 Å². The molecule has 0 bridgehead atoms. The molecule has 0 aromatic heterocycles. The normalized spacial score (nSPS) is 10.2. The standard InChI is InChI=1S/C14H12BrNO3/c15-12-6-2-4-10(13(12)17)8-16-11-5-1-3-9(7-11)14(18)19/h1-7,16-17H,8H2,(H,18,19). The van der Waals surface area contributed by atoms with Crippen LogP contribution >= 0.6 is 15.9 Å². The number of para-hydroxylation sites is 1. The Bertz CT molecular complexity index is 613. The van der Waals surface area contributed by atoms with Gasteiger partial charge in [0, 0.05) is 17.8 Å². The van der Waals surface area contributed by atoms with Crippen LogP contribution in [0.3, 0.4) is 0 Å². The molecule has 0 amide bonds. The van der Waals surface area contributed by atoms with Gasteiger partial charge in [-0.05, 0) is 40.2 Å². The van der Waals surface area contributed by atoms with E-state index in [0.717, 1.165) is 5.56 Å². The minimum atomic E-state index is -0.964. The number of phenolic OH excluding ortho intramolecular Hbond substituents is 1. The van der Waals surface area contributed by atoms with E-state index in [2.05, 4.69) is 21.2 Å². The zero-order valence-corrected chi connectivity index (χ0v) is 11.5. The van der Waals surface area contributed by atoms with Gasteiger partial charge < -0.3 is 15.5 Å². The summed E-state index contributed by atoms with van der Waals surface area (Å²) in [5.74, 6) is -0.779. The molecule has 5 heteroatoms. The smallest absolute Gasteiger partial charge is 0.335 e. The van der Waals surface area contributed by atoms with Crippen molar-refractivity contribution < 1.29 is 15.0 Å². The van der Waals surface area contributed by atoms with Crippen molar-refractivity contribution in [1.29, 1.82) is 0 Å². The highest BCUT2D eigenvalue weighted by Gasteiger charge is 2.06. The maximum atomic E-state index is 10.9. The molecule has 0 aliphatic rings. The summed E-state index contributed by atoms with van der Waals surface area (Å²) in [7, 11) is 0. The molecule has 0 heterocycles. The molecule has 98 valence electrons. The maximum Gasteiger partial charge on any atom is 0.335 e. The minimum Gasteiger partial charge on any atom is -0.506 e. The number of halogens is 1. The summed E-state index contributed by atoms with van der Waals surface area (Å²) >= 11 is 3.25. The second kappa shape index (κ2) is 5.75. The molecule has 0 unspecified atom stereocenters. The van der Waals surface area contributed by atoms with Crippen LogP contribution in [-0.2, 0) is 6.54 Å². The topological polar surface area (TPSA) is 69.6 Å². The molecule has 0 atom stereocenters. The highest BCUT2D eigenvalue weighted by molar-refractivity contribution is 9.10. The van der Waals surface area contributed by atoms with Gasteiger partial charge in [-0.2, -0.15) is 0 Å². The van der Waals surface area contributed by atoms with Crippen LogP contribution in [0, 0.1) is 0 Å². The molecule has 2 aromatic carbocycles. The first-order chi connectivity index (χ1) is 9.08. The van der Waals surface area contributed by atoms with Crippen LogP contribution in [0.15, 0.2) is 46.9 Å². The number of rotatable bonds is 4. The van der Waals surface area contributed by atoms with E-state index >= 15 is 0 Å². The Labute approximate surface area is 118 Å². The first-order valence-electron chi connectivity index (χ1n) is 5.61. The van der Waals surface area contributed by atoms with Gasteiger partial charge in [0.15, 0.2) is 0 Å². The van der Waals surface area contributed by atoms with Crippen molar-refractivity contribution in [3.05, 3.63) is 58.1 Å². The van der Waals surface area contributed by atoms with Crippen molar-refractivity contribution in [3.63, 3.8) is 0 Å². The Morgan fingerprint density at radius 1 is 1.21 bits per heavy atom. The second-order valence-electron chi connectivity index (χ2n) is 3.99. The number of nitrogens with one attached hydrogen (secondary N) is 1. The SMILES string of the molecule is O=C(O)c1cccc(NCc2cccc(Br)c2O)c1. The van der Waals surface area contributed by atoms with Crippen LogP contribution in [-0.4, -0.2) is 16.2 Å². The van der Waals surface area contributed by atoms with Crippen LogP contribution in [0.1, 0.15) is 15.9 Å². The van der Waals surface area contributed by atoms with E-state index in [4.69, 9.17) is 5.11 Å². The molecule has 2 aromatic rings. The number of hydrogen-bond acceptors (Lipinski definition) is 3. The van der Waals surface area contributed by atoms with Crippen molar-refractivity contribution in [1.82, 2.24) is 0 Å². The number of benzene rings is 2. The lowest BCUT2D eigenvalue weighted by atomic mass is 10.1. The largest absolute Gasteiger partial charge is 0.506 e. The summed E-state index contributed by atoms with van der Waals surface area (Å²) in [6.45, 7) is 0.411. The van der Waals surface area contributed by atoms with Crippen molar-refractivity contribution in [3.8, 4) is 5.75 Å². The van der Waals surface area contributed by atoms with Gasteiger partial charge in [0.2, 0.25) is 0 Å². The molecule has 0 saturated heterocycles. The third kappa shape index (κ3) is 3.26. The molecule has 0 spiro atoms. The Morgan fingerprint density at radius 2 is 1.95 bits per heavy atom. The molecule has 0 saturated carbocycles. The fraction of sp³-hybridized carbons (Fsp3) is 0.0714. The molecule has 0 radical (unpaired) electrons. The van der Waals surface area contributed by atoms with Crippen molar-refractivity contribution >= 4 is 27.6 Å². The Kier molecular flexibility index (Phi) is 4.06. The molecular formula is C14H12BrNO3. The van der Waals surface area contributed by atoms with Gasteiger partial charge >= 0.3 is 5.97 Å². The number of aromatic hydroxyl groups is 1. The Hall–Kier alpha value is -2.01. The van der Waals surface area contributed by atoms with Gasteiger partial charge in [-0.15, -0.1) is 0 Å². The molecule has 0 aliphatic carbocycles. The predicted octanol–water partition coefficient (Wildman–Crippen LogP) is 3.47. The fourth-order valence-corrected chi connectivity index (χ4v) is 2.07. The number of phenols is 1.